The molecule has 4 heterocycles. The third-order valence-electron chi connectivity index (χ3n) is 3.68. The van der Waals surface area contributed by atoms with Gasteiger partial charge in [-0.05, 0) is 30.2 Å². The lowest BCUT2D eigenvalue weighted by Crippen LogP contribution is -2.29. The number of fused-ring (bicyclic) bond motifs is 2. The van der Waals surface area contributed by atoms with Crippen molar-refractivity contribution in [2.24, 2.45) is 0 Å². The summed E-state index contributed by atoms with van der Waals surface area (Å²) in [5.74, 6) is 0.00681. The molecule has 0 unspecified atom stereocenters. The maximum absolute atomic E-state index is 12.6. The number of amides is 1. The van der Waals surface area contributed by atoms with Crippen molar-refractivity contribution >= 4 is 17.1 Å². The van der Waals surface area contributed by atoms with Gasteiger partial charge in [0.1, 0.15) is 0 Å². The SMILES string of the molecule is O=C(c1ccc2cncn2c1)N1CCc2ccncc21. The summed E-state index contributed by atoms with van der Waals surface area (Å²) in [7, 11) is 0. The van der Waals surface area contributed by atoms with Crippen LogP contribution in [0.25, 0.3) is 5.52 Å². The number of rotatable bonds is 1. The van der Waals surface area contributed by atoms with Crippen molar-refractivity contribution in [1.29, 1.82) is 0 Å². The third-order valence-corrected chi connectivity index (χ3v) is 3.68. The first-order chi connectivity index (χ1) is 9.83. The average molecular weight is 264 g/mol. The predicted molar refractivity (Wildman–Crippen MR) is 74.8 cm³/mol. The van der Waals surface area contributed by atoms with Crippen LogP contribution in [0.15, 0.2) is 49.3 Å². The van der Waals surface area contributed by atoms with Crippen LogP contribution in [0.1, 0.15) is 15.9 Å². The fourth-order valence-electron chi connectivity index (χ4n) is 2.64. The Hall–Kier alpha value is -2.69. The highest BCUT2D eigenvalue weighted by molar-refractivity contribution is 6.07. The molecule has 1 aliphatic heterocycles. The van der Waals surface area contributed by atoms with E-state index < -0.39 is 0 Å². The molecule has 0 aliphatic carbocycles. The molecule has 4 rings (SSSR count). The van der Waals surface area contributed by atoms with E-state index in [4.69, 9.17) is 0 Å². The maximum Gasteiger partial charge on any atom is 0.259 e. The van der Waals surface area contributed by atoms with Gasteiger partial charge in [0.05, 0.1) is 35.5 Å². The molecule has 1 aliphatic rings. The van der Waals surface area contributed by atoms with E-state index in [2.05, 4.69) is 9.97 Å². The molecule has 98 valence electrons. The number of nitrogens with zero attached hydrogens (tertiary/aromatic N) is 4. The van der Waals surface area contributed by atoms with Crippen molar-refractivity contribution in [3.8, 4) is 0 Å². The summed E-state index contributed by atoms with van der Waals surface area (Å²) in [5, 5.41) is 0. The molecule has 5 heteroatoms. The van der Waals surface area contributed by atoms with Crippen molar-refractivity contribution in [1.82, 2.24) is 14.4 Å². The van der Waals surface area contributed by atoms with E-state index in [0.29, 0.717) is 12.1 Å². The Bertz CT molecular complexity index is 808. The molecule has 0 fully saturated rings. The predicted octanol–water partition coefficient (Wildman–Crippen LogP) is 1.93. The van der Waals surface area contributed by atoms with Gasteiger partial charge < -0.3 is 9.30 Å². The van der Waals surface area contributed by atoms with Crippen LogP contribution in [0, 0.1) is 0 Å². The van der Waals surface area contributed by atoms with Crippen LogP contribution >= 0.6 is 0 Å². The minimum Gasteiger partial charge on any atom is -0.306 e. The normalized spacial score (nSPS) is 13.7. The molecule has 20 heavy (non-hydrogen) atoms. The molecule has 0 aromatic carbocycles. The summed E-state index contributed by atoms with van der Waals surface area (Å²) in [6.07, 6.45) is 9.70. The molecule has 0 N–H and O–H groups in total. The zero-order valence-corrected chi connectivity index (χ0v) is 10.7. The van der Waals surface area contributed by atoms with Crippen molar-refractivity contribution < 1.29 is 4.79 Å². The number of carbonyl (C=O) groups is 1. The van der Waals surface area contributed by atoms with Crippen LogP contribution in [-0.2, 0) is 6.42 Å². The van der Waals surface area contributed by atoms with Crippen molar-refractivity contribution in [2.45, 2.75) is 6.42 Å². The van der Waals surface area contributed by atoms with Gasteiger partial charge in [0.15, 0.2) is 0 Å². The Morgan fingerprint density at radius 2 is 2.10 bits per heavy atom. The van der Waals surface area contributed by atoms with Crippen molar-refractivity contribution in [3.63, 3.8) is 0 Å². The Kier molecular flexibility index (Phi) is 2.32. The van der Waals surface area contributed by atoms with Crippen LogP contribution in [0.5, 0.6) is 0 Å². The number of aromatic nitrogens is 3. The molecule has 1 amide bonds. The third kappa shape index (κ3) is 1.60. The van der Waals surface area contributed by atoms with Gasteiger partial charge in [-0.3, -0.25) is 9.78 Å². The molecule has 5 nitrogen and oxygen atoms in total. The lowest BCUT2D eigenvalue weighted by molar-refractivity contribution is 0.0989. The zero-order chi connectivity index (χ0) is 13.5. The van der Waals surface area contributed by atoms with Gasteiger partial charge in [-0.25, -0.2) is 4.98 Å². The second-order valence-electron chi connectivity index (χ2n) is 4.85. The number of pyridine rings is 2. The largest absolute Gasteiger partial charge is 0.306 e. The first-order valence-electron chi connectivity index (χ1n) is 6.49. The summed E-state index contributed by atoms with van der Waals surface area (Å²) >= 11 is 0. The Morgan fingerprint density at radius 1 is 1.15 bits per heavy atom. The smallest absolute Gasteiger partial charge is 0.259 e. The molecule has 0 spiro atoms. The summed E-state index contributed by atoms with van der Waals surface area (Å²) in [6, 6.07) is 5.72. The van der Waals surface area contributed by atoms with E-state index in [-0.39, 0.29) is 5.91 Å². The van der Waals surface area contributed by atoms with Crippen molar-refractivity contribution in [2.75, 3.05) is 11.4 Å². The van der Waals surface area contributed by atoms with Gasteiger partial charge in [-0.2, -0.15) is 0 Å². The van der Waals surface area contributed by atoms with Crippen LogP contribution in [0.3, 0.4) is 0 Å². The Morgan fingerprint density at radius 3 is 3.05 bits per heavy atom. The van der Waals surface area contributed by atoms with E-state index in [1.54, 1.807) is 29.8 Å². The fraction of sp³-hybridized carbons (Fsp3) is 0.133. The second kappa shape index (κ2) is 4.16. The van der Waals surface area contributed by atoms with Gasteiger partial charge >= 0.3 is 0 Å². The van der Waals surface area contributed by atoms with Crippen molar-refractivity contribution in [3.05, 3.63) is 60.4 Å². The summed E-state index contributed by atoms with van der Waals surface area (Å²) in [5.41, 5.74) is 3.73. The number of carbonyl (C=O) groups excluding carboxylic acids is 1. The summed E-state index contributed by atoms with van der Waals surface area (Å²) in [4.78, 5) is 22.6. The fourth-order valence-corrected chi connectivity index (χ4v) is 2.64. The highest BCUT2D eigenvalue weighted by Gasteiger charge is 2.25. The van der Waals surface area contributed by atoms with Gasteiger partial charge in [0, 0.05) is 18.9 Å². The Balaban J connectivity index is 1.74. The van der Waals surface area contributed by atoms with Crippen LogP contribution in [0.2, 0.25) is 0 Å². The molecule has 3 aromatic rings. The summed E-state index contributed by atoms with van der Waals surface area (Å²) in [6.45, 7) is 0.710. The molecule has 0 atom stereocenters. The molecule has 0 saturated carbocycles. The Labute approximate surface area is 115 Å². The van der Waals surface area contributed by atoms with E-state index in [1.807, 2.05) is 28.8 Å². The minimum atomic E-state index is 0.00681. The average Bonchev–Trinajstić information content (AvgIpc) is 3.12. The maximum atomic E-state index is 12.6. The number of imidazole rings is 1. The van der Waals surface area contributed by atoms with Gasteiger partial charge in [0.25, 0.3) is 5.91 Å². The van der Waals surface area contributed by atoms with E-state index in [1.165, 1.54) is 5.56 Å². The van der Waals surface area contributed by atoms with Crippen LogP contribution in [-0.4, -0.2) is 26.8 Å². The van der Waals surface area contributed by atoms with E-state index in [0.717, 1.165) is 17.6 Å². The first kappa shape index (κ1) is 11.2. The van der Waals surface area contributed by atoms with E-state index in [9.17, 15) is 4.79 Å². The molecule has 0 radical (unpaired) electrons. The number of anilines is 1. The quantitative estimate of drug-likeness (QED) is 0.675. The number of hydrogen-bond donors (Lipinski definition) is 0. The molecule has 0 saturated heterocycles. The first-order valence-corrected chi connectivity index (χ1v) is 6.49. The standard InChI is InChI=1S/C15H12N4O/c20-15(12-1-2-13-7-17-10-18(13)9-12)19-6-4-11-3-5-16-8-14(11)19/h1-3,5,7-10H,4,6H2. The highest BCUT2D eigenvalue weighted by Crippen LogP contribution is 2.27. The molecule has 0 bridgehead atoms. The lowest BCUT2D eigenvalue weighted by Gasteiger charge is -2.16. The highest BCUT2D eigenvalue weighted by atomic mass is 16.2. The summed E-state index contributed by atoms with van der Waals surface area (Å²) < 4.78 is 1.85. The molecular weight excluding hydrogens is 252 g/mol. The second-order valence-corrected chi connectivity index (χ2v) is 4.85. The van der Waals surface area contributed by atoms with Crippen LogP contribution in [0.4, 0.5) is 5.69 Å². The molecule has 3 aromatic heterocycles. The minimum absolute atomic E-state index is 0.00681. The lowest BCUT2D eigenvalue weighted by atomic mass is 10.2. The monoisotopic (exact) mass is 264 g/mol. The van der Waals surface area contributed by atoms with E-state index >= 15 is 0 Å². The van der Waals surface area contributed by atoms with Gasteiger partial charge in [-0.15, -0.1) is 0 Å². The molecular formula is C15H12N4O. The van der Waals surface area contributed by atoms with Crippen LogP contribution < -0.4 is 4.90 Å². The van der Waals surface area contributed by atoms with Gasteiger partial charge in [-0.1, -0.05) is 0 Å². The number of hydrogen-bond acceptors (Lipinski definition) is 3. The topological polar surface area (TPSA) is 50.5 Å². The van der Waals surface area contributed by atoms with Gasteiger partial charge in [0.2, 0.25) is 0 Å². The zero-order valence-electron chi connectivity index (χ0n) is 10.7.